The molecule has 0 saturated carbocycles. The number of rotatable bonds is 5. The smallest absolute Gasteiger partial charge is 0.272 e. The van der Waals surface area contributed by atoms with E-state index in [2.05, 4.69) is 0 Å². The van der Waals surface area contributed by atoms with Crippen molar-refractivity contribution in [1.29, 1.82) is 0 Å². The molecule has 0 atom stereocenters. The van der Waals surface area contributed by atoms with Crippen molar-refractivity contribution in [3.8, 4) is 11.5 Å². The molecule has 0 fully saturated rings. The molecule has 0 bridgehead atoms. The van der Waals surface area contributed by atoms with Crippen LogP contribution in [0.1, 0.15) is 29.3 Å². The van der Waals surface area contributed by atoms with Crippen LogP contribution in [0.4, 0.5) is 0 Å². The van der Waals surface area contributed by atoms with E-state index in [1.165, 1.54) is 4.68 Å². The summed E-state index contributed by atoms with van der Waals surface area (Å²) in [6.45, 7) is 3.90. The van der Waals surface area contributed by atoms with Crippen molar-refractivity contribution in [2.24, 2.45) is 0 Å². The van der Waals surface area contributed by atoms with Crippen molar-refractivity contribution in [3.63, 3.8) is 0 Å². The number of aromatic nitrogens is 1. The van der Waals surface area contributed by atoms with Crippen LogP contribution in [0.2, 0.25) is 0 Å². The third kappa shape index (κ3) is 2.79. The molecular formula is C17H22N2O3. The van der Waals surface area contributed by atoms with Crippen molar-refractivity contribution in [1.82, 2.24) is 4.68 Å². The van der Waals surface area contributed by atoms with E-state index in [1.54, 1.807) is 14.2 Å². The maximum atomic E-state index is 12.4. The van der Waals surface area contributed by atoms with Gasteiger partial charge in [0.15, 0.2) is 0 Å². The topological polar surface area (TPSA) is 66.5 Å². The highest BCUT2D eigenvalue weighted by molar-refractivity contribution is 5.47. The summed E-state index contributed by atoms with van der Waals surface area (Å²) >= 11 is 0. The first kappa shape index (κ1) is 15.9. The second kappa shape index (κ2) is 6.56. The lowest BCUT2D eigenvalue weighted by atomic mass is 10.0. The number of ether oxygens (including phenoxy) is 2. The van der Waals surface area contributed by atoms with E-state index in [0.29, 0.717) is 23.5 Å². The Morgan fingerprint density at radius 3 is 2.23 bits per heavy atom. The molecule has 1 aromatic carbocycles. The molecule has 118 valence electrons. The zero-order valence-corrected chi connectivity index (χ0v) is 13.5. The van der Waals surface area contributed by atoms with E-state index in [0.717, 1.165) is 23.2 Å². The van der Waals surface area contributed by atoms with Crippen LogP contribution >= 0.6 is 0 Å². The van der Waals surface area contributed by atoms with Gasteiger partial charge in [0.1, 0.15) is 11.5 Å². The van der Waals surface area contributed by atoms with E-state index in [-0.39, 0.29) is 5.56 Å². The summed E-state index contributed by atoms with van der Waals surface area (Å²) in [6.07, 6.45) is 1.23. The molecule has 1 aromatic heterocycles. The zero-order chi connectivity index (χ0) is 16.3. The Morgan fingerprint density at radius 2 is 1.73 bits per heavy atom. The summed E-state index contributed by atoms with van der Waals surface area (Å²) in [7, 11) is 3.21. The van der Waals surface area contributed by atoms with Crippen LogP contribution in [-0.4, -0.2) is 18.9 Å². The minimum atomic E-state index is -0.192. The molecule has 22 heavy (non-hydrogen) atoms. The van der Waals surface area contributed by atoms with Gasteiger partial charge in [-0.1, -0.05) is 13.0 Å². The Hall–Kier alpha value is -2.43. The average molecular weight is 302 g/mol. The van der Waals surface area contributed by atoms with E-state index < -0.39 is 0 Å². The highest BCUT2D eigenvalue weighted by atomic mass is 16.5. The SMILES string of the molecule is CCc1cc(Cc2c(OC)cccc2OC)c(=O)n(N)c1C. The number of nitrogens with two attached hydrogens (primary N) is 1. The van der Waals surface area contributed by atoms with Gasteiger partial charge < -0.3 is 15.3 Å². The van der Waals surface area contributed by atoms with Gasteiger partial charge in [0.25, 0.3) is 5.56 Å². The van der Waals surface area contributed by atoms with Gasteiger partial charge in [-0.3, -0.25) is 4.79 Å². The zero-order valence-electron chi connectivity index (χ0n) is 13.5. The summed E-state index contributed by atoms with van der Waals surface area (Å²) in [4.78, 5) is 12.4. The molecule has 0 spiro atoms. The lowest BCUT2D eigenvalue weighted by Crippen LogP contribution is -2.32. The van der Waals surface area contributed by atoms with Crippen molar-refractivity contribution < 1.29 is 9.47 Å². The summed E-state index contributed by atoms with van der Waals surface area (Å²) in [6, 6.07) is 7.49. The summed E-state index contributed by atoms with van der Waals surface area (Å²) < 4.78 is 12.0. The van der Waals surface area contributed by atoms with Gasteiger partial charge in [0.2, 0.25) is 0 Å². The predicted octanol–water partition coefficient (Wildman–Crippen LogP) is 2.04. The summed E-state index contributed by atoms with van der Waals surface area (Å²) in [5, 5.41) is 0. The number of benzene rings is 1. The van der Waals surface area contributed by atoms with Crippen molar-refractivity contribution in [3.05, 3.63) is 57.0 Å². The van der Waals surface area contributed by atoms with Crippen LogP contribution in [0.15, 0.2) is 29.1 Å². The van der Waals surface area contributed by atoms with E-state index in [1.807, 2.05) is 38.1 Å². The second-order valence-corrected chi connectivity index (χ2v) is 5.13. The minimum Gasteiger partial charge on any atom is -0.496 e. The van der Waals surface area contributed by atoms with Gasteiger partial charge in [-0.05, 0) is 37.1 Å². The van der Waals surface area contributed by atoms with Gasteiger partial charge in [0, 0.05) is 23.2 Å². The number of hydrogen-bond donors (Lipinski definition) is 1. The van der Waals surface area contributed by atoms with E-state index in [9.17, 15) is 4.79 Å². The van der Waals surface area contributed by atoms with Crippen LogP contribution in [0.25, 0.3) is 0 Å². The number of nitrogen functional groups attached to an aromatic ring is 1. The molecule has 2 rings (SSSR count). The molecule has 0 aliphatic carbocycles. The van der Waals surface area contributed by atoms with Gasteiger partial charge in [-0.15, -0.1) is 0 Å². The molecule has 2 N–H and O–H groups in total. The fourth-order valence-corrected chi connectivity index (χ4v) is 2.62. The monoisotopic (exact) mass is 302 g/mol. The van der Waals surface area contributed by atoms with E-state index in [4.69, 9.17) is 15.3 Å². The van der Waals surface area contributed by atoms with Crippen LogP contribution in [0.5, 0.6) is 11.5 Å². The Kier molecular flexibility index (Phi) is 4.75. The van der Waals surface area contributed by atoms with Crippen molar-refractivity contribution in [2.75, 3.05) is 20.1 Å². The third-order valence-corrected chi connectivity index (χ3v) is 3.95. The van der Waals surface area contributed by atoms with Gasteiger partial charge >= 0.3 is 0 Å². The minimum absolute atomic E-state index is 0.192. The predicted molar refractivity (Wildman–Crippen MR) is 87.3 cm³/mol. The molecule has 5 nitrogen and oxygen atoms in total. The molecule has 5 heteroatoms. The Labute approximate surface area is 130 Å². The number of pyridine rings is 1. The molecule has 0 aliphatic rings. The van der Waals surface area contributed by atoms with Crippen molar-refractivity contribution in [2.45, 2.75) is 26.7 Å². The maximum absolute atomic E-state index is 12.4. The normalized spacial score (nSPS) is 10.5. The Morgan fingerprint density at radius 1 is 1.14 bits per heavy atom. The Bertz CT molecular complexity index is 713. The molecule has 0 saturated heterocycles. The quantitative estimate of drug-likeness (QED) is 0.858. The van der Waals surface area contributed by atoms with Crippen LogP contribution in [0.3, 0.4) is 0 Å². The first-order chi connectivity index (χ1) is 10.5. The standard InChI is InChI=1S/C17H22N2O3/c1-5-12-9-13(17(20)19(18)11(12)2)10-14-15(21-3)7-6-8-16(14)22-4/h6-9H,5,10,18H2,1-4H3. The fourth-order valence-electron chi connectivity index (χ4n) is 2.62. The van der Waals surface area contributed by atoms with Gasteiger partial charge in [0.05, 0.1) is 14.2 Å². The first-order valence-corrected chi connectivity index (χ1v) is 7.22. The molecule has 0 radical (unpaired) electrons. The van der Waals surface area contributed by atoms with Crippen LogP contribution in [0, 0.1) is 6.92 Å². The third-order valence-electron chi connectivity index (χ3n) is 3.95. The number of nitrogens with zero attached hydrogens (tertiary/aromatic N) is 1. The van der Waals surface area contributed by atoms with Crippen LogP contribution < -0.4 is 20.9 Å². The van der Waals surface area contributed by atoms with Crippen molar-refractivity contribution >= 4 is 0 Å². The number of methoxy groups -OCH3 is 2. The summed E-state index contributed by atoms with van der Waals surface area (Å²) in [5.74, 6) is 7.29. The molecule has 0 aliphatic heterocycles. The van der Waals surface area contributed by atoms with E-state index >= 15 is 0 Å². The summed E-state index contributed by atoms with van der Waals surface area (Å²) in [5.41, 5.74) is 3.14. The molecule has 0 amide bonds. The molecular weight excluding hydrogens is 280 g/mol. The maximum Gasteiger partial charge on any atom is 0.272 e. The number of aryl methyl sites for hydroxylation is 1. The number of hydrogen-bond acceptors (Lipinski definition) is 4. The van der Waals surface area contributed by atoms with Crippen LogP contribution in [-0.2, 0) is 12.8 Å². The van der Waals surface area contributed by atoms with Gasteiger partial charge in [-0.25, -0.2) is 4.68 Å². The molecule has 2 aromatic rings. The highest BCUT2D eigenvalue weighted by Gasteiger charge is 2.15. The lowest BCUT2D eigenvalue weighted by molar-refractivity contribution is 0.386. The molecule has 1 heterocycles. The fraction of sp³-hybridized carbons (Fsp3) is 0.353. The molecule has 0 unspecified atom stereocenters. The lowest BCUT2D eigenvalue weighted by Gasteiger charge is -2.15. The van der Waals surface area contributed by atoms with Gasteiger partial charge in [-0.2, -0.15) is 0 Å². The second-order valence-electron chi connectivity index (χ2n) is 5.13. The average Bonchev–Trinajstić information content (AvgIpc) is 2.55. The largest absolute Gasteiger partial charge is 0.496 e. The Balaban J connectivity index is 2.57. The first-order valence-electron chi connectivity index (χ1n) is 7.22. The highest BCUT2D eigenvalue weighted by Crippen LogP contribution is 2.30.